The lowest BCUT2D eigenvalue weighted by atomic mass is 9.99. The Kier molecular flexibility index (Phi) is 4.53. The van der Waals surface area contributed by atoms with Crippen molar-refractivity contribution in [1.82, 2.24) is 9.88 Å². The number of oxazole rings is 1. The number of nitrogens with zero attached hydrogens (tertiary/aromatic N) is 2. The van der Waals surface area contributed by atoms with Crippen molar-refractivity contribution >= 4 is 28.8 Å². The summed E-state index contributed by atoms with van der Waals surface area (Å²) in [5, 5.41) is 0.607. The second-order valence-electron chi connectivity index (χ2n) is 6.48. The molecule has 0 bridgehead atoms. The topological polar surface area (TPSA) is 59.5 Å². The molecule has 3 aromatic rings. The highest BCUT2D eigenvalue weighted by atomic mass is 32.2. The van der Waals surface area contributed by atoms with Gasteiger partial charge in [-0.25, -0.2) is 4.98 Å². The van der Waals surface area contributed by atoms with Crippen molar-refractivity contribution in [3.63, 3.8) is 0 Å². The molecule has 1 amide bonds. The van der Waals surface area contributed by atoms with Crippen molar-refractivity contribution in [3.05, 3.63) is 47.9 Å². The first-order chi connectivity index (χ1) is 12.2. The molecule has 130 valence electrons. The number of furan rings is 1. The molecule has 5 nitrogen and oxygen atoms in total. The van der Waals surface area contributed by atoms with Gasteiger partial charge in [0.15, 0.2) is 11.3 Å². The van der Waals surface area contributed by atoms with E-state index in [2.05, 4.69) is 11.9 Å². The fraction of sp³-hybridized carbons (Fsp3) is 0.368. The van der Waals surface area contributed by atoms with Crippen molar-refractivity contribution in [1.29, 1.82) is 0 Å². The van der Waals surface area contributed by atoms with Crippen molar-refractivity contribution in [2.45, 2.75) is 30.7 Å². The normalized spacial score (nSPS) is 15.8. The molecule has 0 N–H and O–H groups in total. The lowest BCUT2D eigenvalue weighted by Crippen LogP contribution is -2.37. The second-order valence-corrected chi connectivity index (χ2v) is 7.40. The Morgan fingerprint density at radius 2 is 2.00 bits per heavy atom. The summed E-state index contributed by atoms with van der Waals surface area (Å²) in [5.41, 5.74) is 1.62. The van der Waals surface area contributed by atoms with Crippen LogP contribution in [0.25, 0.3) is 11.1 Å². The quantitative estimate of drug-likeness (QED) is 0.640. The smallest absolute Gasteiger partial charge is 0.289 e. The Labute approximate surface area is 150 Å². The van der Waals surface area contributed by atoms with E-state index >= 15 is 0 Å². The van der Waals surface area contributed by atoms with E-state index in [1.54, 1.807) is 6.07 Å². The van der Waals surface area contributed by atoms with E-state index in [1.807, 2.05) is 35.2 Å². The van der Waals surface area contributed by atoms with Gasteiger partial charge >= 0.3 is 0 Å². The fourth-order valence-corrected chi connectivity index (χ4v) is 3.72. The first kappa shape index (κ1) is 16.3. The van der Waals surface area contributed by atoms with E-state index < -0.39 is 0 Å². The molecule has 0 saturated carbocycles. The van der Waals surface area contributed by atoms with Crippen LogP contribution < -0.4 is 0 Å². The number of fused-ring (bicyclic) bond motifs is 1. The van der Waals surface area contributed by atoms with Gasteiger partial charge in [-0.3, -0.25) is 4.79 Å². The number of carbonyl (C=O) groups excluding carboxylic acids is 1. The number of piperidine rings is 1. The summed E-state index contributed by atoms with van der Waals surface area (Å²) in [7, 11) is 0. The zero-order valence-electron chi connectivity index (χ0n) is 14.1. The minimum absolute atomic E-state index is 0.00925. The van der Waals surface area contributed by atoms with E-state index in [-0.39, 0.29) is 5.91 Å². The highest BCUT2D eigenvalue weighted by molar-refractivity contribution is 7.98. The molecule has 0 spiro atoms. The number of benzene rings is 1. The molecule has 0 unspecified atom stereocenters. The number of aromatic nitrogens is 1. The van der Waals surface area contributed by atoms with Crippen LogP contribution in [0.2, 0.25) is 0 Å². The van der Waals surface area contributed by atoms with Gasteiger partial charge in [-0.1, -0.05) is 30.8 Å². The average molecular weight is 356 g/mol. The first-order valence-electron chi connectivity index (χ1n) is 8.55. The van der Waals surface area contributed by atoms with Crippen LogP contribution in [0, 0.1) is 5.92 Å². The Morgan fingerprint density at radius 1 is 1.20 bits per heavy atom. The molecule has 0 aliphatic carbocycles. The van der Waals surface area contributed by atoms with Gasteiger partial charge < -0.3 is 13.7 Å². The fourth-order valence-electron chi connectivity index (χ4n) is 2.98. The molecule has 1 aliphatic rings. The minimum Gasteiger partial charge on any atom is -0.455 e. The van der Waals surface area contributed by atoms with Crippen LogP contribution in [0.3, 0.4) is 0 Å². The molecular formula is C19H20N2O3S. The number of carbonyl (C=O) groups is 1. The van der Waals surface area contributed by atoms with Crippen molar-refractivity contribution in [2.24, 2.45) is 5.92 Å². The molecule has 1 aromatic carbocycles. The Bertz CT molecular complexity index is 845. The minimum atomic E-state index is -0.00925. The summed E-state index contributed by atoms with van der Waals surface area (Å²) in [5.74, 6) is 2.44. The molecule has 1 fully saturated rings. The highest BCUT2D eigenvalue weighted by Gasteiger charge is 2.23. The Balaban J connectivity index is 1.38. The zero-order chi connectivity index (χ0) is 17.2. The van der Waals surface area contributed by atoms with E-state index in [1.165, 1.54) is 11.8 Å². The molecule has 0 radical (unpaired) electrons. The molecule has 2 aromatic heterocycles. The molecule has 3 heterocycles. The largest absolute Gasteiger partial charge is 0.455 e. The third-order valence-corrected chi connectivity index (χ3v) is 5.41. The predicted molar refractivity (Wildman–Crippen MR) is 96.6 cm³/mol. The summed E-state index contributed by atoms with van der Waals surface area (Å²) in [6.45, 7) is 3.86. The zero-order valence-corrected chi connectivity index (χ0v) is 14.9. The maximum atomic E-state index is 12.5. The lowest BCUT2D eigenvalue weighted by molar-refractivity contribution is 0.0663. The average Bonchev–Trinajstić information content (AvgIpc) is 3.26. The predicted octanol–water partition coefficient (Wildman–Crippen LogP) is 4.59. The molecule has 1 aliphatic heterocycles. The van der Waals surface area contributed by atoms with Crippen LogP contribution in [0.1, 0.15) is 36.1 Å². The van der Waals surface area contributed by atoms with E-state index in [9.17, 15) is 4.79 Å². The Hall–Kier alpha value is -2.21. The van der Waals surface area contributed by atoms with Crippen LogP contribution in [-0.2, 0) is 5.75 Å². The molecule has 25 heavy (non-hydrogen) atoms. The maximum Gasteiger partial charge on any atom is 0.289 e. The van der Waals surface area contributed by atoms with Gasteiger partial charge in [0.05, 0.1) is 5.75 Å². The van der Waals surface area contributed by atoms with Crippen molar-refractivity contribution in [3.8, 4) is 0 Å². The lowest BCUT2D eigenvalue weighted by Gasteiger charge is -2.29. The number of para-hydroxylation sites is 2. The van der Waals surface area contributed by atoms with E-state index in [0.29, 0.717) is 22.7 Å². The number of amides is 1. The van der Waals surface area contributed by atoms with Crippen molar-refractivity contribution < 1.29 is 13.6 Å². The van der Waals surface area contributed by atoms with E-state index in [0.717, 1.165) is 42.8 Å². The summed E-state index contributed by atoms with van der Waals surface area (Å²) < 4.78 is 11.4. The van der Waals surface area contributed by atoms with Gasteiger partial charge in [-0.15, -0.1) is 0 Å². The SMILES string of the molecule is CC1CCN(C(=O)c2ccc(CSc3nc4ccccc4o3)o2)CC1. The van der Waals surface area contributed by atoms with Crippen LogP contribution >= 0.6 is 11.8 Å². The van der Waals surface area contributed by atoms with Crippen LogP contribution in [-0.4, -0.2) is 28.9 Å². The molecular weight excluding hydrogens is 336 g/mol. The summed E-state index contributed by atoms with van der Waals surface area (Å²) in [4.78, 5) is 18.8. The number of hydrogen-bond donors (Lipinski definition) is 0. The van der Waals surface area contributed by atoms with Crippen LogP contribution in [0.5, 0.6) is 0 Å². The highest BCUT2D eigenvalue weighted by Crippen LogP contribution is 2.27. The van der Waals surface area contributed by atoms with Gasteiger partial charge in [0.2, 0.25) is 0 Å². The molecule has 6 heteroatoms. The van der Waals surface area contributed by atoms with Crippen LogP contribution in [0.15, 0.2) is 50.5 Å². The van der Waals surface area contributed by atoms with Gasteiger partial charge in [0.25, 0.3) is 11.1 Å². The van der Waals surface area contributed by atoms with Gasteiger partial charge in [0.1, 0.15) is 11.3 Å². The number of hydrogen-bond acceptors (Lipinski definition) is 5. The summed E-state index contributed by atoms with van der Waals surface area (Å²) in [6.07, 6.45) is 2.12. The molecule has 4 rings (SSSR count). The summed E-state index contributed by atoms with van der Waals surface area (Å²) >= 11 is 1.46. The van der Waals surface area contributed by atoms with Gasteiger partial charge in [-0.05, 0) is 43.0 Å². The standard InChI is InChI=1S/C19H20N2O3S/c1-13-8-10-21(11-9-13)18(22)17-7-6-14(23-17)12-25-19-20-15-4-2-3-5-16(15)24-19/h2-7,13H,8-12H2,1H3. The third kappa shape index (κ3) is 3.58. The summed E-state index contributed by atoms with van der Waals surface area (Å²) in [6, 6.07) is 11.3. The number of thioether (sulfide) groups is 1. The maximum absolute atomic E-state index is 12.5. The number of likely N-dealkylation sites (tertiary alicyclic amines) is 1. The Morgan fingerprint density at radius 3 is 2.80 bits per heavy atom. The van der Waals surface area contributed by atoms with E-state index in [4.69, 9.17) is 8.83 Å². The van der Waals surface area contributed by atoms with Crippen molar-refractivity contribution in [2.75, 3.05) is 13.1 Å². The number of rotatable bonds is 4. The monoisotopic (exact) mass is 356 g/mol. The molecule has 0 atom stereocenters. The van der Waals surface area contributed by atoms with Gasteiger partial charge in [-0.2, -0.15) is 0 Å². The van der Waals surface area contributed by atoms with Gasteiger partial charge in [0, 0.05) is 13.1 Å². The van der Waals surface area contributed by atoms with Crippen LogP contribution in [0.4, 0.5) is 0 Å². The second kappa shape index (κ2) is 6.96. The third-order valence-electron chi connectivity index (χ3n) is 4.56. The first-order valence-corrected chi connectivity index (χ1v) is 9.54. The molecule has 1 saturated heterocycles.